The summed E-state index contributed by atoms with van der Waals surface area (Å²) >= 11 is 0. The first-order valence-corrected chi connectivity index (χ1v) is 24.4. The quantitative estimate of drug-likeness (QED) is 0.0231. The molecule has 11 nitrogen and oxygen atoms in total. The lowest BCUT2D eigenvalue weighted by molar-refractivity contribution is -0.161. The van der Waals surface area contributed by atoms with Gasteiger partial charge in [-0.25, -0.2) is 4.57 Å². The minimum Gasteiger partial charge on any atom is -0.480 e. The van der Waals surface area contributed by atoms with E-state index < -0.39 is 51.1 Å². The SMILES string of the molecule is CCCCCCCC/C=C\CCCCCCCCCC(=O)OC(COC(=O)CCCCCCC/C=C\CCCCCCCCC)COP(=O)(O)OCC(N)C(=O)O. The molecule has 0 rings (SSSR count). The predicted octanol–water partition coefficient (Wildman–Crippen LogP) is 12.2. The van der Waals surface area contributed by atoms with Crippen molar-refractivity contribution in [2.24, 2.45) is 5.73 Å². The lowest BCUT2D eigenvalue weighted by Crippen LogP contribution is -2.34. The highest BCUT2D eigenvalue weighted by molar-refractivity contribution is 7.47. The zero-order chi connectivity index (χ0) is 42.1. The van der Waals surface area contributed by atoms with Crippen LogP contribution in [-0.2, 0) is 37.5 Å². The number of carbonyl (C=O) groups is 3. The van der Waals surface area contributed by atoms with E-state index in [2.05, 4.69) is 42.7 Å². The summed E-state index contributed by atoms with van der Waals surface area (Å²) in [5, 5.41) is 8.89. The zero-order valence-electron chi connectivity index (χ0n) is 36.2. The first-order chi connectivity index (χ1) is 27.6. The maximum atomic E-state index is 12.6. The number of carboxylic acids is 1. The summed E-state index contributed by atoms with van der Waals surface area (Å²) in [7, 11) is -4.72. The number of hydrogen-bond acceptors (Lipinski definition) is 9. The molecule has 0 amide bonds. The van der Waals surface area contributed by atoms with Crippen molar-refractivity contribution in [3.63, 3.8) is 0 Å². The minimum absolute atomic E-state index is 0.156. The van der Waals surface area contributed by atoms with Gasteiger partial charge in [-0.1, -0.05) is 160 Å². The lowest BCUT2D eigenvalue weighted by atomic mass is 10.1. The summed E-state index contributed by atoms with van der Waals surface area (Å²) in [6, 6.07) is -1.52. The average molecular weight is 830 g/mol. The van der Waals surface area contributed by atoms with Gasteiger partial charge in [0, 0.05) is 12.8 Å². The van der Waals surface area contributed by atoms with Crippen LogP contribution in [-0.4, -0.2) is 59.9 Å². The third-order valence-electron chi connectivity index (χ3n) is 9.92. The van der Waals surface area contributed by atoms with Crippen LogP contribution in [0.15, 0.2) is 24.3 Å². The maximum Gasteiger partial charge on any atom is 0.472 e. The Balaban J connectivity index is 4.34. The Morgan fingerprint density at radius 1 is 0.526 bits per heavy atom. The molecule has 0 radical (unpaired) electrons. The number of phosphoric ester groups is 1. The van der Waals surface area contributed by atoms with E-state index in [0.717, 1.165) is 70.6 Å². The summed E-state index contributed by atoms with van der Waals surface area (Å²) < 4.78 is 32.7. The highest BCUT2D eigenvalue weighted by Gasteiger charge is 2.28. The van der Waals surface area contributed by atoms with Gasteiger partial charge in [-0.05, 0) is 64.2 Å². The minimum atomic E-state index is -4.72. The fourth-order valence-electron chi connectivity index (χ4n) is 6.29. The number of unbranched alkanes of at least 4 members (excludes halogenated alkanes) is 25. The molecule has 0 spiro atoms. The molecule has 0 saturated heterocycles. The number of carbonyl (C=O) groups excluding carboxylic acids is 2. The molecule has 12 heteroatoms. The van der Waals surface area contributed by atoms with Gasteiger partial charge in [0.25, 0.3) is 0 Å². The maximum absolute atomic E-state index is 12.6. The Kier molecular flexibility index (Phi) is 39.3. The molecule has 4 N–H and O–H groups in total. The van der Waals surface area contributed by atoms with Crippen LogP contribution in [0.3, 0.4) is 0 Å². The molecule has 0 bridgehead atoms. The van der Waals surface area contributed by atoms with E-state index in [1.54, 1.807) is 0 Å². The van der Waals surface area contributed by atoms with Crippen molar-refractivity contribution in [3.05, 3.63) is 24.3 Å². The zero-order valence-corrected chi connectivity index (χ0v) is 37.1. The van der Waals surface area contributed by atoms with Crippen LogP contribution >= 0.6 is 7.82 Å². The van der Waals surface area contributed by atoms with E-state index in [4.69, 9.17) is 24.8 Å². The van der Waals surface area contributed by atoms with Gasteiger partial charge < -0.3 is 25.2 Å². The largest absolute Gasteiger partial charge is 0.480 e. The molecule has 0 heterocycles. The van der Waals surface area contributed by atoms with Gasteiger partial charge in [-0.2, -0.15) is 0 Å². The number of aliphatic carboxylic acids is 1. The standard InChI is InChI=1S/C45H84NO10P/c1-3-5-7-9-11-13-15-17-19-21-23-25-27-29-31-33-35-37-44(48)56-41(39-54-57(51,52)55-40-42(46)45(49)50)38-53-43(47)36-34-32-30-28-26-24-22-20-18-16-14-12-10-8-6-4-2/h17,19-20,22,41-42H,3-16,18,21,23-40,46H2,1-2H3,(H,49,50)(H,51,52)/b19-17-,22-20-. The average Bonchev–Trinajstić information content (AvgIpc) is 3.19. The molecule has 3 unspecified atom stereocenters. The molecule has 57 heavy (non-hydrogen) atoms. The molecule has 334 valence electrons. The van der Waals surface area contributed by atoms with Crippen LogP contribution in [0.25, 0.3) is 0 Å². The number of phosphoric acid groups is 1. The van der Waals surface area contributed by atoms with Crippen molar-refractivity contribution < 1.29 is 47.5 Å². The number of esters is 2. The second-order valence-electron chi connectivity index (χ2n) is 15.5. The van der Waals surface area contributed by atoms with Gasteiger partial charge in [0.05, 0.1) is 13.2 Å². The van der Waals surface area contributed by atoms with Gasteiger partial charge in [-0.15, -0.1) is 0 Å². The molecule has 0 saturated carbocycles. The van der Waals surface area contributed by atoms with E-state index in [1.807, 2.05) is 0 Å². The predicted molar refractivity (Wildman–Crippen MR) is 231 cm³/mol. The molecular formula is C45H84NO10P. The molecule has 0 aromatic heterocycles. The van der Waals surface area contributed by atoms with Gasteiger partial charge in [-0.3, -0.25) is 23.4 Å². The number of hydrogen-bond donors (Lipinski definition) is 3. The topological polar surface area (TPSA) is 172 Å². The number of carboxylic acid groups (broad SMARTS) is 1. The van der Waals surface area contributed by atoms with Crippen molar-refractivity contribution >= 4 is 25.7 Å². The van der Waals surface area contributed by atoms with Crippen LogP contribution < -0.4 is 5.73 Å². The van der Waals surface area contributed by atoms with E-state index in [9.17, 15) is 23.8 Å². The van der Waals surface area contributed by atoms with E-state index in [-0.39, 0.29) is 19.4 Å². The summed E-state index contributed by atoms with van der Waals surface area (Å²) in [4.78, 5) is 46.0. The van der Waals surface area contributed by atoms with Crippen LogP contribution in [0.1, 0.15) is 213 Å². The highest BCUT2D eigenvalue weighted by Crippen LogP contribution is 2.43. The van der Waals surface area contributed by atoms with Gasteiger partial charge in [0.1, 0.15) is 12.6 Å². The second-order valence-corrected chi connectivity index (χ2v) is 17.0. The molecule has 0 fully saturated rings. The van der Waals surface area contributed by atoms with Crippen LogP contribution in [0.4, 0.5) is 0 Å². The van der Waals surface area contributed by atoms with Crippen LogP contribution in [0, 0.1) is 0 Å². The van der Waals surface area contributed by atoms with Gasteiger partial charge in [0.2, 0.25) is 0 Å². The lowest BCUT2D eigenvalue weighted by Gasteiger charge is -2.20. The molecule has 0 aliphatic carbocycles. The van der Waals surface area contributed by atoms with Crippen LogP contribution in [0.5, 0.6) is 0 Å². The van der Waals surface area contributed by atoms with Gasteiger partial charge >= 0.3 is 25.7 Å². The number of nitrogens with two attached hydrogens (primary N) is 1. The van der Waals surface area contributed by atoms with Gasteiger partial charge in [0.15, 0.2) is 6.10 Å². The Morgan fingerprint density at radius 2 is 0.877 bits per heavy atom. The second kappa shape index (κ2) is 40.7. The van der Waals surface area contributed by atoms with Crippen molar-refractivity contribution in [3.8, 4) is 0 Å². The summed E-state index contributed by atoms with van der Waals surface area (Å²) in [5.74, 6) is -2.39. The first-order valence-electron chi connectivity index (χ1n) is 22.9. The van der Waals surface area contributed by atoms with E-state index in [1.165, 1.54) is 103 Å². The number of rotatable bonds is 43. The highest BCUT2D eigenvalue weighted by atomic mass is 31.2. The first kappa shape index (κ1) is 55.0. The van der Waals surface area contributed by atoms with Crippen molar-refractivity contribution in [2.45, 2.75) is 225 Å². The molecule has 0 aliphatic rings. The number of ether oxygens (including phenoxy) is 2. The Labute approximate surface area is 347 Å². The van der Waals surface area contributed by atoms with Crippen molar-refractivity contribution in [1.82, 2.24) is 0 Å². The third kappa shape index (κ3) is 40.5. The van der Waals surface area contributed by atoms with Crippen LogP contribution in [0.2, 0.25) is 0 Å². The molecule has 0 aromatic carbocycles. The van der Waals surface area contributed by atoms with E-state index in [0.29, 0.717) is 12.8 Å². The molecule has 0 aliphatic heterocycles. The number of allylic oxidation sites excluding steroid dienone is 4. The summed E-state index contributed by atoms with van der Waals surface area (Å²) in [6.07, 6.45) is 42.3. The fourth-order valence-corrected chi connectivity index (χ4v) is 7.07. The van der Waals surface area contributed by atoms with Crippen molar-refractivity contribution in [1.29, 1.82) is 0 Å². The smallest absolute Gasteiger partial charge is 0.472 e. The third-order valence-corrected chi connectivity index (χ3v) is 10.9. The monoisotopic (exact) mass is 830 g/mol. The molecule has 0 aromatic rings. The summed E-state index contributed by atoms with van der Waals surface area (Å²) in [6.45, 7) is 2.80. The Hall–Kier alpha value is -2.04. The Morgan fingerprint density at radius 3 is 1.28 bits per heavy atom. The molecular weight excluding hydrogens is 745 g/mol. The fraction of sp³-hybridized carbons (Fsp3) is 0.844. The Bertz CT molecular complexity index is 1070. The summed E-state index contributed by atoms with van der Waals surface area (Å²) in [5.41, 5.74) is 5.34. The molecule has 3 atom stereocenters. The normalized spacial score (nSPS) is 13.9. The van der Waals surface area contributed by atoms with Crippen molar-refractivity contribution in [2.75, 3.05) is 19.8 Å². The van der Waals surface area contributed by atoms with E-state index >= 15 is 0 Å².